The van der Waals surface area contributed by atoms with E-state index in [0.717, 1.165) is 31.6 Å². The van der Waals surface area contributed by atoms with Crippen molar-refractivity contribution in [3.8, 4) is 0 Å². The van der Waals surface area contributed by atoms with Crippen LogP contribution in [-0.4, -0.2) is 26.3 Å². The molecule has 0 heterocycles. The first-order valence-corrected chi connectivity index (χ1v) is 5.73. The lowest BCUT2D eigenvalue weighted by atomic mass is 10.3. The van der Waals surface area contributed by atoms with Gasteiger partial charge in [-0.25, -0.2) is 0 Å². The van der Waals surface area contributed by atoms with E-state index in [-0.39, 0.29) is 0 Å². The largest absolute Gasteiger partial charge is 0.380 e. The Labute approximate surface area is 81.0 Å². The molecule has 2 saturated carbocycles. The summed E-state index contributed by atoms with van der Waals surface area (Å²) in [6, 6.07) is 0. The van der Waals surface area contributed by atoms with Gasteiger partial charge >= 0.3 is 0 Å². The predicted octanol–water partition coefficient (Wildman–Crippen LogP) is 1.80. The maximum atomic E-state index is 5.52. The molecule has 0 aromatic rings. The normalized spacial score (nSPS) is 22.2. The quantitative estimate of drug-likeness (QED) is 0.579. The summed E-state index contributed by atoms with van der Waals surface area (Å²) in [6.45, 7) is 4.14. The standard InChI is InChI=1S/C11H21NO/c1-2-10(1)5-7-13-8-6-12-9-11-3-4-11/h10-12H,1-9H2. The molecule has 0 radical (unpaired) electrons. The second-order valence-electron chi connectivity index (χ2n) is 4.49. The lowest BCUT2D eigenvalue weighted by molar-refractivity contribution is 0.130. The van der Waals surface area contributed by atoms with E-state index in [4.69, 9.17) is 4.74 Å². The van der Waals surface area contributed by atoms with Crippen molar-refractivity contribution in [1.29, 1.82) is 0 Å². The van der Waals surface area contributed by atoms with Crippen molar-refractivity contribution in [1.82, 2.24) is 5.32 Å². The van der Waals surface area contributed by atoms with Gasteiger partial charge in [0.25, 0.3) is 0 Å². The van der Waals surface area contributed by atoms with Crippen molar-refractivity contribution >= 4 is 0 Å². The highest BCUT2D eigenvalue weighted by atomic mass is 16.5. The van der Waals surface area contributed by atoms with E-state index in [1.165, 1.54) is 38.6 Å². The van der Waals surface area contributed by atoms with Gasteiger partial charge in [-0.05, 0) is 37.6 Å². The molecule has 2 aliphatic rings. The summed E-state index contributed by atoms with van der Waals surface area (Å²) in [4.78, 5) is 0. The van der Waals surface area contributed by atoms with Gasteiger partial charge in [-0.15, -0.1) is 0 Å². The fourth-order valence-corrected chi connectivity index (χ4v) is 1.53. The summed E-state index contributed by atoms with van der Waals surface area (Å²) in [5.74, 6) is 2.01. The molecule has 0 atom stereocenters. The van der Waals surface area contributed by atoms with E-state index >= 15 is 0 Å². The first-order valence-electron chi connectivity index (χ1n) is 5.73. The molecule has 2 rings (SSSR count). The van der Waals surface area contributed by atoms with Crippen molar-refractivity contribution in [3.05, 3.63) is 0 Å². The Morgan fingerprint density at radius 1 is 1.00 bits per heavy atom. The van der Waals surface area contributed by atoms with Crippen LogP contribution in [-0.2, 0) is 4.74 Å². The van der Waals surface area contributed by atoms with Gasteiger partial charge in [0.05, 0.1) is 6.61 Å². The van der Waals surface area contributed by atoms with E-state index in [9.17, 15) is 0 Å². The Hall–Kier alpha value is -0.0800. The van der Waals surface area contributed by atoms with Gasteiger partial charge in [-0.1, -0.05) is 12.8 Å². The average Bonchev–Trinajstić information content (AvgIpc) is 2.99. The van der Waals surface area contributed by atoms with Gasteiger partial charge in [-0.2, -0.15) is 0 Å². The highest BCUT2D eigenvalue weighted by Crippen LogP contribution is 2.32. The van der Waals surface area contributed by atoms with E-state index in [1.807, 2.05) is 0 Å². The highest BCUT2D eigenvalue weighted by Gasteiger charge is 2.21. The Balaban J connectivity index is 1.28. The van der Waals surface area contributed by atoms with Crippen molar-refractivity contribution in [3.63, 3.8) is 0 Å². The van der Waals surface area contributed by atoms with Crippen LogP contribution >= 0.6 is 0 Å². The molecule has 2 aliphatic carbocycles. The van der Waals surface area contributed by atoms with Gasteiger partial charge in [0.1, 0.15) is 0 Å². The van der Waals surface area contributed by atoms with Gasteiger partial charge in [0, 0.05) is 13.2 Å². The molecule has 0 aromatic carbocycles. The molecule has 0 bridgehead atoms. The van der Waals surface area contributed by atoms with Crippen LogP contribution in [0.25, 0.3) is 0 Å². The Kier molecular flexibility index (Phi) is 3.62. The van der Waals surface area contributed by atoms with Crippen LogP contribution in [0.4, 0.5) is 0 Å². The molecule has 0 unspecified atom stereocenters. The monoisotopic (exact) mass is 183 g/mol. The second kappa shape index (κ2) is 4.97. The molecule has 13 heavy (non-hydrogen) atoms. The maximum absolute atomic E-state index is 5.52. The molecule has 0 saturated heterocycles. The van der Waals surface area contributed by atoms with Gasteiger partial charge in [0.2, 0.25) is 0 Å². The second-order valence-corrected chi connectivity index (χ2v) is 4.49. The molecule has 0 aromatic heterocycles. The van der Waals surface area contributed by atoms with Crippen LogP contribution in [0.3, 0.4) is 0 Å². The number of ether oxygens (including phenoxy) is 1. The molecular weight excluding hydrogens is 162 g/mol. The van der Waals surface area contributed by atoms with Crippen molar-refractivity contribution in [2.24, 2.45) is 11.8 Å². The zero-order chi connectivity index (χ0) is 8.93. The van der Waals surface area contributed by atoms with Crippen LogP contribution in [0.1, 0.15) is 32.1 Å². The van der Waals surface area contributed by atoms with Crippen LogP contribution in [0, 0.1) is 11.8 Å². The summed E-state index contributed by atoms with van der Waals surface area (Å²) in [5.41, 5.74) is 0. The molecule has 0 spiro atoms. The van der Waals surface area contributed by atoms with Crippen molar-refractivity contribution in [2.75, 3.05) is 26.3 Å². The first kappa shape index (κ1) is 9.47. The van der Waals surface area contributed by atoms with Gasteiger partial charge < -0.3 is 10.1 Å². The third-order valence-electron chi connectivity index (χ3n) is 2.92. The van der Waals surface area contributed by atoms with Gasteiger partial charge in [-0.3, -0.25) is 0 Å². The van der Waals surface area contributed by atoms with Crippen molar-refractivity contribution in [2.45, 2.75) is 32.1 Å². The fourth-order valence-electron chi connectivity index (χ4n) is 1.53. The zero-order valence-corrected chi connectivity index (χ0v) is 8.43. The fraction of sp³-hybridized carbons (Fsp3) is 1.00. The molecule has 1 N–H and O–H groups in total. The first-order chi connectivity index (χ1) is 6.45. The SMILES string of the molecule is C(COCCC1CC1)NCC1CC1. The summed E-state index contributed by atoms with van der Waals surface area (Å²) >= 11 is 0. The Morgan fingerprint density at radius 2 is 1.77 bits per heavy atom. The van der Waals surface area contributed by atoms with Crippen LogP contribution < -0.4 is 5.32 Å². The maximum Gasteiger partial charge on any atom is 0.0590 e. The van der Waals surface area contributed by atoms with E-state index < -0.39 is 0 Å². The van der Waals surface area contributed by atoms with Gasteiger partial charge in [0.15, 0.2) is 0 Å². The van der Waals surface area contributed by atoms with Crippen LogP contribution in [0.5, 0.6) is 0 Å². The number of hydrogen-bond acceptors (Lipinski definition) is 2. The van der Waals surface area contributed by atoms with Crippen LogP contribution in [0.15, 0.2) is 0 Å². The molecule has 76 valence electrons. The molecule has 2 fully saturated rings. The van der Waals surface area contributed by atoms with E-state index in [0.29, 0.717) is 0 Å². The lowest BCUT2D eigenvalue weighted by Crippen LogP contribution is -2.22. The summed E-state index contributed by atoms with van der Waals surface area (Å²) in [7, 11) is 0. The minimum atomic E-state index is 0.902. The minimum Gasteiger partial charge on any atom is -0.380 e. The average molecular weight is 183 g/mol. The molecular formula is C11H21NO. The van der Waals surface area contributed by atoms with E-state index in [2.05, 4.69) is 5.32 Å². The third-order valence-corrected chi connectivity index (χ3v) is 2.92. The molecule has 0 aliphatic heterocycles. The molecule has 2 nitrogen and oxygen atoms in total. The number of nitrogens with one attached hydrogen (secondary N) is 1. The summed E-state index contributed by atoms with van der Waals surface area (Å²) in [6.07, 6.45) is 7.07. The Bertz CT molecular complexity index is 125. The Morgan fingerprint density at radius 3 is 2.46 bits per heavy atom. The number of rotatable bonds is 8. The number of hydrogen-bond donors (Lipinski definition) is 1. The lowest BCUT2D eigenvalue weighted by Gasteiger charge is -2.04. The zero-order valence-electron chi connectivity index (χ0n) is 8.43. The topological polar surface area (TPSA) is 21.3 Å². The van der Waals surface area contributed by atoms with Crippen molar-refractivity contribution < 1.29 is 4.74 Å². The minimum absolute atomic E-state index is 0.902. The van der Waals surface area contributed by atoms with Crippen LogP contribution in [0.2, 0.25) is 0 Å². The van der Waals surface area contributed by atoms with E-state index in [1.54, 1.807) is 0 Å². The predicted molar refractivity (Wildman–Crippen MR) is 53.8 cm³/mol. The summed E-state index contributed by atoms with van der Waals surface area (Å²) < 4.78 is 5.52. The highest BCUT2D eigenvalue weighted by molar-refractivity contribution is 4.75. The molecule has 2 heteroatoms. The third kappa shape index (κ3) is 4.63. The summed E-state index contributed by atoms with van der Waals surface area (Å²) in [5, 5.41) is 3.43. The smallest absolute Gasteiger partial charge is 0.0590 e. The molecule has 0 amide bonds.